The van der Waals surface area contributed by atoms with Gasteiger partial charge in [-0.2, -0.15) is 0 Å². The molecule has 0 spiro atoms. The van der Waals surface area contributed by atoms with E-state index in [0.29, 0.717) is 22.6 Å². The van der Waals surface area contributed by atoms with Crippen molar-refractivity contribution in [3.8, 4) is 11.4 Å². The Bertz CT molecular complexity index is 1040. The van der Waals surface area contributed by atoms with Gasteiger partial charge in [-0.3, -0.25) is 0 Å². The number of aromatic carboxylic acids is 1. The monoisotopic (exact) mass is 297 g/mol. The van der Waals surface area contributed by atoms with Crippen molar-refractivity contribution in [1.29, 1.82) is 0 Å². The Morgan fingerprint density at radius 1 is 1.32 bits per heavy atom. The summed E-state index contributed by atoms with van der Waals surface area (Å²) >= 11 is 0. The standard InChI is InChI=1S/C14H8FN5O2/c15-7-1-2-10-12(18-6-20(10)5-7)9-4-17-13-11(19-9)8(3-16-13)14(21)22/h1-6H,(H,16,17)(H,21,22). The summed E-state index contributed by atoms with van der Waals surface area (Å²) in [6.45, 7) is 0. The van der Waals surface area contributed by atoms with E-state index in [-0.39, 0.29) is 16.9 Å². The van der Waals surface area contributed by atoms with Gasteiger partial charge in [0.25, 0.3) is 0 Å². The molecule has 4 heterocycles. The fourth-order valence-electron chi connectivity index (χ4n) is 2.34. The molecule has 4 aromatic rings. The van der Waals surface area contributed by atoms with Crippen molar-refractivity contribution in [3.63, 3.8) is 0 Å². The minimum Gasteiger partial charge on any atom is -0.478 e. The first-order chi connectivity index (χ1) is 10.6. The zero-order chi connectivity index (χ0) is 15.3. The van der Waals surface area contributed by atoms with E-state index in [0.717, 1.165) is 0 Å². The number of pyridine rings is 1. The van der Waals surface area contributed by atoms with Crippen LogP contribution in [-0.4, -0.2) is 35.4 Å². The normalized spacial score (nSPS) is 11.3. The Kier molecular flexibility index (Phi) is 2.46. The zero-order valence-corrected chi connectivity index (χ0v) is 11.0. The van der Waals surface area contributed by atoms with Gasteiger partial charge in [0.05, 0.1) is 11.7 Å². The van der Waals surface area contributed by atoms with Gasteiger partial charge in [-0.1, -0.05) is 0 Å². The molecule has 0 fully saturated rings. The number of imidazole rings is 1. The van der Waals surface area contributed by atoms with Crippen LogP contribution in [0.15, 0.2) is 37.1 Å². The fourth-order valence-corrected chi connectivity index (χ4v) is 2.34. The van der Waals surface area contributed by atoms with E-state index in [1.165, 1.54) is 35.4 Å². The molecule has 0 aliphatic carbocycles. The number of fused-ring (bicyclic) bond motifs is 2. The lowest BCUT2D eigenvalue weighted by Crippen LogP contribution is -1.96. The van der Waals surface area contributed by atoms with E-state index in [9.17, 15) is 9.18 Å². The van der Waals surface area contributed by atoms with Gasteiger partial charge in [-0.15, -0.1) is 0 Å². The highest BCUT2D eigenvalue weighted by atomic mass is 19.1. The minimum absolute atomic E-state index is 0.0407. The largest absolute Gasteiger partial charge is 0.478 e. The van der Waals surface area contributed by atoms with Crippen LogP contribution in [0, 0.1) is 5.82 Å². The molecule has 4 aromatic heterocycles. The third-order valence-electron chi connectivity index (χ3n) is 3.35. The van der Waals surface area contributed by atoms with Crippen molar-refractivity contribution in [2.45, 2.75) is 0 Å². The number of halogens is 1. The Balaban J connectivity index is 1.96. The number of carboxylic acids is 1. The van der Waals surface area contributed by atoms with Gasteiger partial charge in [-0.25, -0.2) is 24.1 Å². The molecule has 8 heteroatoms. The topological polar surface area (TPSA) is 96.2 Å². The minimum atomic E-state index is -1.09. The van der Waals surface area contributed by atoms with Crippen molar-refractivity contribution in [1.82, 2.24) is 24.3 Å². The highest BCUT2D eigenvalue weighted by molar-refractivity contribution is 6.00. The number of carboxylic acid groups (broad SMARTS) is 1. The van der Waals surface area contributed by atoms with E-state index in [1.54, 1.807) is 6.07 Å². The molecule has 0 unspecified atom stereocenters. The molecule has 108 valence electrons. The van der Waals surface area contributed by atoms with Gasteiger partial charge in [0.1, 0.15) is 34.6 Å². The van der Waals surface area contributed by atoms with Crippen LogP contribution in [0.1, 0.15) is 10.4 Å². The molecule has 0 radical (unpaired) electrons. The summed E-state index contributed by atoms with van der Waals surface area (Å²) in [5, 5.41) is 9.15. The summed E-state index contributed by atoms with van der Waals surface area (Å²) in [6.07, 6.45) is 5.61. The maximum Gasteiger partial charge on any atom is 0.339 e. The first kappa shape index (κ1) is 12.5. The van der Waals surface area contributed by atoms with Crippen molar-refractivity contribution >= 4 is 22.6 Å². The van der Waals surface area contributed by atoms with Crippen molar-refractivity contribution < 1.29 is 14.3 Å². The van der Waals surface area contributed by atoms with E-state index in [1.807, 2.05) is 0 Å². The average Bonchev–Trinajstić information content (AvgIpc) is 3.09. The second kappa shape index (κ2) is 4.35. The number of nitrogens with zero attached hydrogens (tertiary/aromatic N) is 4. The van der Waals surface area contributed by atoms with Crippen LogP contribution in [0.4, 0.5) is 4.39 Å². The molecule has 0 saturated heterocycles. The molecular formula is C14H8FN5O2. The second-order valence-corrected chi connectivity index (χ2v) is 4.69. The number of hydrogen-bond acceptors (Lipinski definition) is 4. The van der Waals surface area contributed by atoms with Gasteiger partial charge in [0.2, 0.25) is 0 Å². The van der Waals surface area contributed by atoms with Crippen LogP contribution in [0.2, 0.25) is 0 Å². The molecule has 0 aromatic carbocycles. The predicted molar refractivity (Wildman–Crippen MR) is 75.0 cm³/mol. The quantitative estimate of drug-likeness (QED) is 0.590. The SMILES string of the molecule is O=C(O)c1c[nH]c2ncc(-c3ncn4cc(F)ccc34)nc12. The predicted octanol–water partition coefficient (Wildman–Crippen LogP) is 2.11. The van der Waals surface area contributed by atoms with Gasteiger partial charge in [0, 0.05) is 12.4 Å². The van der Waals surface area contributed by atoms with Crippen LogP contribution in [0.3, 0.4) is 0 Å². The molecule has 0 atom stereocenters. The zero-order valence-electron chi connectivity index (χ0n) is 11.0. The average molecular weight is 297 g/mol. The summed E-state index contributed by atoms with van der Waals surface area (Å²) in [5.74, 6) is -1.47. The van der Waals surface area contributed by atoms with E-state index >= 15 is 0 Å². The number of nitrogens with one attached hydrogen (secondary N) is 1. The Labute approximate surface area is 122 Å². The number of H-pyrrole nitrogens is 1. The lowest BCUT2D eigenvalue weighted by molar-refractivity contribution is 0.0699. The lowest BCUT2D eigenvalue weighted by atomic mass is 10.2. The van der Waals surface area contributed by atoms with Crippen molar-refractivity contribution in [3.05, 3.63) is 48.4 Å². The van der Waals surface area contributed by atoms with E-state index in [2.05, 4.69) is 19.9 Å². The molecule has 22 heavy (non-hydrogen) atoms. The van der Waals surface area contributed by atoms with Crippen LogP contribution in [0.25, 0.3) is 28.1 Å². The molecule has 4 rings (SSSR count). The first-order valence-corrected chi connectivity index (χ1v) is 6.33. The Morgan fingerprint density at radius 2 is 2.18 bits per heavy atom. The third-order valence-corrected chi connectivity index (χ3v) is 3.35. The van der Waals surface area contributed by atoms with Gasteiger partial charge in [0.15, 0.2) is 5.65 Å². The van der Waals surface area contributed by atoms with Crippen LogP contribution >= 0.6 is 0 Å². The lowest BCUT2D eigenvalue weighted by Gasteiger charge is -1.99. The molecule has 0 aliphatic heterocycles. The molecule has 0 bridgehead atoms. The summed E-state index contributed by atoms with van der Waals surface area (Å²) < 4.78 is 14.7. The van der Waals surface area contributed by atoms with Crippen LogP contribution in [-0.2, 0) is 0 Å². The van der Waals surface area contributed by atoms with Crippen molar-refractivity contribution in [2.75, 3.05) is 0 Å². The summed E-state index contributed by atoms with van der Waals surface area (Å²) in [5.41, 5.74) is 2.26. The number of hydrogen-bond donors (Lipinski definition) is 2. The second-order valence-electron chi connectivity index (χ2n) is 4.69. The summed E-state index contributed by atoms with van der Waals surface area (Å²) in [6, 6.07) is 2.91. The molecular weight excluding hydrogens is 289 g/mol. The molecule has 0 aliphatic rings. The molecule has 0 saturated carbocycles. The Morgan fingerprint density at radius 3 is 3.00 bits per heavy atom. The maximum atomic E-state index is 13.2. The fraction of sp³-hybridized carbons (Fsp3) is 0. The van der Waals surface area contributed by atoms with Crippen LogP contribution < -0.4 is 0 Å². The van der Waals surface area contributed by atoms with Gasteiger partial charge in [-0.05, 0) is 12.1 Å². The third kappa shape index (κ3) is 1.74. The molecule has 7 nitrogen and oxygen atoms in total. The molecule has 0 amide bonds. The highest BCUT2D eigenvalue weighted by Crippen LogP contribution is 2.24. The number of rotatable bonds is 2. The van der Waals surface area contributed by atoms with Gasteiger partial charge < -0.3 is 14.5 Å². The smallest absolute Gasteiger partial charge is 0.339 e. The highest BCUT2D eigenvalue weighted by Gasteiger charge is 2.16. The number of carbonyl (C=O) groups is 1. The van der Waals surface area contributed by atoms with Crippen LogP contribution in [0.5, 0.6) is 0 Å². The van der Waals surface area contributed by atoms with E-state index in [4.69, 9.17) is 5.11 Å². The first-order valence-electron chi connectivity index (χ1n) is 6.33. The Hall–Kier alpha value is -3.29. The summed E-state index contributed by atoms with van der Waals surface area (Å²) in [4.78, 5) is 26.6. The summed E-state index contributed by atoms with van der Waals surface area (Å²) in [7, 11) is 0. The van der Waals surface area contributed by atoms with E-state index < -0.39 is 5.97 Å². The van der Waals surface area contributed by atoms with Gasteiger partial charge >= 0.3 is 5.97 Å². The van der Waals surface area contributed by atoms with Crippen molar-refractivity contribution in [2.24, 2.45) is 0 Å². The maximum absolute atomic E-state index is 13.2. The number of aromatic nitrogens is 5. The number of aromatic amines is 1. The molecule has 2 N–H and O–H groups in total.